The molecule has 0 amide bonds. The smallest absolute Gasteiger partial charge is 0.182 e. The first-order valence-corrected chi connectivity index (χ1v) is 33.9. The van der Waals surface area contributed by atoms with Gasteiger partial charge >= 0.3 is 0 Å². The molecule has 0 fully saturated rings. The summed E-state index contributed by atoms with van der Waals surface area (Å²) in [7, 11) is 0. The lowest BCUT2D eigenvalue weighted by Gasteiger charge is -2.13. The van der Waals surface area contributed by atoms with Gasteiger partial charge in [0, 0.05) is 78.7 Å². The van der Waals surface area contributed by atoms with E-state index in [0.29, 0.717) is 29.0 Å². The van der Waals surface area contributed by atoms with Crippen molar-refractivity contribution in [2.24, 2.45) is 0 Å². The molecule has 0 aliphatic rings. The van der Waals surface area contributed by atoms with Gasteiger partial charge in [-0.25, -0.2) is 34.9 Å². The minimum absolute atomic E-state index is 0.534. The molecule has 0 saturated carbocycles. The third kappa shape index (κ3) is 12.7. The summed E-state index contributed by atoms with van der Waals surface area (Å²) in [6, 6.07) is 110. The highest BCUT2D eigenvalue weighted by Gasteiger charge is 2.19. The van der Waals surface area contributed by atoms with Crippen molar-refractivity contribution in [3.8, 4) is 135 Å². The van der Waals surface area contributed by atoms with E-state index in [4.69, 9.17) is 44.9 Å². The third-order valence-electron chi connectivity index (χ3n) is 18.3. The quantitative estimate of drug-likeness (QED) is 0.108. The van der Waals surface area contributed by atoms with Gasteiger partial charge in [-0.2, -0.15) is 0 Å². The second-order valence-electron chi connectivity index (χ2n) is 25.1. The number of hydrogen-bond donors (Lipinski definition) is 0. The topological polar surface area (TPSA) is 142 Å². The Hall–Kier alpha value is -13.8. The number of aromatic nitrogens is 11. The fraction of sp³-hybridized carbons (Fsp3) is 0.0220. The van der Waals surface area contributed by atoms with Gasteiger partial charge in [-0.15, -0.1) is 0 Å². The fourth-order valence-corrected chi connectivity index (χ4v) is 13.1. The summed E-state index contributed by atoms with van der Waals surface area (Å²) in [6.07, 6.45) is 3.55. The van der Waals surface area contributed by atoms with E-state index >= 15 is 0 Å². The van der Waals surface area contributed by atoms with Crippen LogP contribution in [-0.4, -0.2) is 54.8 Å². The summed E-state index contributed by atoms with van der Waals surface area (Å²) >= 11 is 0. The molecule has 0 N–H and O–H groups in total. The molecule has 0 radical (unpaired) electrons. The van der Waals surface area contributed by atoms with Gasteiger partial charge in [0.15, 0.2) is 23.3 Å². The van der Waals surface area contributed by atoms with Crippen molar-refractivity contribution in [2.45, 2.75) is 13.8 Å². The number of pyridine rings is 6. The third-order valence-corrected chi connectivity index (χ3v) is 18.3. The number of rotatable bonds is 12. The molecule has 0 aliphatic carbocycles. The standard InChI is InChI=1S/C46H31N5.C45H30N6/c1-30-18-19-35-24-25-38-39(28-41(33-11-4-2-5-12-33)49-45(38)44(35)48-30)32-22-20-31(21-23-32)36-15-10-16-37(27-36)46-50-42(34-13-6-3-7-14-34)29-43(51-46)40-17-8-9-26-47-40;1-29-18-19-33-24-25-37-38(28-40(32-11-4-2-5-12-32)48-42(37)41(33)47-29)31-22-20-30(21-23-31)35-15-10-16-36(27-35)44-49-43(34-13-6-3-7-14-34)50-45(51-44)39-17-8-9-26-46-39/h2-29H,1H3;2-28H,1H3. The van der Waals surface area contributed by atoms with Crippen molar-refractivity contribution < 1.29 is 0 Å². The average Bonchev–Trinajstić information content (AvgIpc) is 0.763. The fourth-order valence-electron chi connectivity index (χ4n) is 13.1. The minimum atomic E-state index is 0.534. The van der Waals surface area contributed by atoms with E-state index in [1.54, 1.807) is 12.4 Å². The second kappa shape index (κ2) is 27.3. The van der Waals surface area contributed by atoms with Crippen molar-refractivity contribution in [1.29, 1.82) is 0 Å². The summed E-state index contributed by atoms with van der Waals surface area (Å²) in [4.78, 5) is 53.9. The number of hydrogen-bond acceptors (Lipinski definition) is 11. The van der Waals surface area contributed by atoms with Gasteiger partial charge in [0.05, 0.1) is 50.5 Å². The molecule has 0 aliphatic heterocycles. The van der Waals surface area contributed by atoms with Crippen LogP contribution in [0.1, 0.15) is 11.4 Å². The van der Waals surface area contributed by atoms with Crippen molar-refractivity contribution in [3.05, 3.63) is 345 Å². The molecule has 8 aromatic heterocycles. The Morgan fingerprint density at radius 1 is 0.186 bits per heavy atom. The van der Waals surface area contributed by atoms with Crippen LogP contribution in [0.15, 0.2) is 334 Å². The Morgan fingerprint density at radius 3 is 1.01 bits per heavy atom. The summed E-state index contributed by atoms with van der Waals surface area (Å²) in [5, 5.41) is 4.31. The summed E-state index contributed by atoms with van der Waals surface area (Å²) in [6.45, 7) is 4.05. The summed E-state index contributed by atoms with van der Waals surface area (Å²) in [5.41, 5.74) is 25.3. The lowest BCUT2D eigenvalue weighted by Crippen LogP contribution is -2.01. The molecule has 0 saturated heterocycles. The molecule has 0 bridgehead atoms. The van der Waals surface area contributed by atoms with Gasteiger partial charge in [0.2, 0.25) is 0 Å². The van der Waals surface area contributed by atoms with Gasteiger partial charge in [-0.05, 0) is 125 Å². The molecule has 480 valence electrons. The normalized spacial score (nSPS) is 11.2. The molecule has 0 unspecified atom stereocenters. The first-order chi connectivity index (χ1) is 50.3. The first kappa shape index (κ1) is 61.8. The zero-order valence-corrected chi connectivity index (χ0v) is 55.7. The number of aryl methyl sites for hydroxylation is 2. The van der Waals surface area contributed by atoms with Gasteiger partial charge < -0.3 is 0 Å². The molecule has 0 spiro atoms. The van der Waals surface area contributed by atoms with Crippen LogP contribution in [0.3, 0.4) is 0 Å². The van der Waals surface area contributed by atoms with Crippen molar-refractivity contribution in [1.82, 2.24) is 54.8 Å². The Balaban J connectivity index is 0.000000152. The average molecular weight is 1310 g/mol. The molecule has 102 heavy (non-hydrogen) atoms. The van der Waals surface area contributed by atoms with Crippen molar-refractivity contribution in [2.75, 3.05) is 0 Å². The SMILES string of the molecule is Cc1ccc2ccc3c(-c4ccc(-c5cccc(-c6nc(-c7ccccc7)cc(-c7ccccn7)n6)c5)cc4)cc(-c4ccccc4)nc3c2n1.Cc1ccc2ccc3c(-c4ccc(-c5cccc(-c6nc(-c7ccccc7)nc(-c7ccccn7)n6)c5)cc4)cc(-c4ccccc4)nc3c2n1. The highest BCUT2D eigenvalue weighted by molar-refractivity contribution is 6.11. The van der Waals surface area contributed by atoms with E-state index in [2.05, 4.69) is 198 Å². The highest BCUT2D eigenvalue weighted by atomic mass is 15.0. The summed E-state index contributed by atoms with van der Waals surface area (Å²) in [5.74, 6) is 2.39. The van der Waals surface area contributed by atoms with Crippen LogP contribution >= 0.6 is 0 Å². The van der Waals surface area contributed by atoms with E-state index in [1.165, 1.54) is 0 Å². The monoisotopic (exact) mass is 1310 g/mol. The maximum atomic E-state index is 5.18. The molecule has 8 heterocycles. The molecule has 0 atom stereocenters. The lowest BCUT2D eigenvalue weighted by atomic mass is 9.95. The predicted octanol–water partition coefficient (Wildman–Crippen LogP) is 22.0. The van der Waals surface area contributed by atoms with Crippen LogP contribution < -0.4 is 0 Å². The van der Waals surface area contributed by atoms with E-state index < -0.39 is 0 Å². The van der Waals surface area contributed by atoms with Gasteiger partial charge in [-0.1, -0.05) is 255 Å². The van der Waals surface area contributed by atoms with Gasteiger partial charge in [0.1, 0.15) is 5.69 Å². The zero-order valence-electron chi connectivity index (χ0n) is 55.7. The molecular formula is C91H61N11. The Kier molecular flexibility index (Phi) is 16.5. The second-order valence-corrected chi connectivity index (χ2v) is 25.1. The number of fused-ring (bicyclic) bond motifs is 6. The van der Waals surface area contributed by atoms with Crippen LogP contribution in [0.4, 0.5) is 0 Å². The van der Waals surface area contributed by atoms with Gasteiger partial charge in [-0.3, -0.25) is 19.9 Å². The zero-order chi connectivity index (χ0) is 68.3. The maximum Gasteiger partial charge on any atom is 0.182 e. The van der Waals surface area contributed by atoms with E-state index in [1.807, 2.05) is 147 Å². The van der Waals surface area contributed by atoms with Crippen LogP contribution in [0.2, 0.25) is 0 Å². The van der Waals surface area contributed by atoms with E-state index in [9.17, 15) is 0 Å². The Morgan fingerprint density at radius 2 is 0.549 bits per heavy atom. The first-order valence-electron chi connectivity index (χ1n) is 33.9. The van der Waals surface area contributed by atoms with Crippen molar-refractivity contribution >= 4 is 43.6 Å². The molecule has 11 heteroatoms. The number of benzene rings is 10. The lowest BCUT2D eigenvalue weighted by molar-refractivity contribution is 1.06. The Labute approximate surface area is 589 Å². The van der Waals surface area contributed by atoms with Gasteiger partial charge in [0.25, 0.3) is 0 Å². The van der Waals surface area contributed by atoms with E-state index in [0.717, 1.165) is 161 Å². The van der Waals surface area contributed by atoms with E-state index in [-0.39, 0.29) is 0 Å². The van der Waals surface area contributed by atoms with Crippen LogP contribution in [-0.2, 0) is 0 Å². The largest absolute Gasteiger partial charge is 0.255 e. The maximum absolute atomic E-state index is 5.18. The molecule has 18 rings (SSSR count). The summed E-state index contributed by atoms with van der Waals surface area (Å²) < 4.78 is 0. The van der Waals surface area contributed by atoms with Crippen LogP contribution in [0.25, 0.3) is 179 Å². The minimum Gasteiger partial charge on any atom is -0.255 e. The molecular weight excluding hydrogens is 1250 g/mol. The molecule has 10 aromatic carbocycles. The number of nitrogens with zero attached hydrogens (tertiary/aromatic N) is 11. The molecule has 11 nitrogen and oxygen atoms in total. The Bertz CT molecular complexity index is 5610. The molecule has 18 aromatic rings. The van der Waals surface area contributed by atoms with Crippen LogP contribution in [0.5, 0.6) is 0 Å². The van der Waals surface area contributed by atoms with Crippen molar-refractivity contribution in [3.63, 3.8) is 0 Å². The predicted molar refractivity (Wildman–Crippen MR) is 413 cm³/mol. The highest BCUT2D eigenvalue weighted by Crippen LogP contribution is 2.40. The van der Waals surface area contributed by atoms with Crippen LogP contribution in [0, 0.1) is 13.8 Å².